The molecule has 0 aromatic heterocycles. The van der Waals surface area contributed by atoms with Crippen LogP contribution < -0.4 is 5.32 Å². The average Bonchev–Trinajstić information content (AvgIpc) is 2.03. The van der Waals surface area contributed by atoms with Gasteiger partial charge in [0.2, 0.25) is 5.91 Å². The molecule has 13 heavy (non-hydrogen) atoms. The lowest BCUT2D eigenvalue weighted by atomic mass is 10.3. The molecule has 0 aliphatic rings. The maximum atomic E-state index is 10.8. The summed E-state index contributed by atoms with van der Waals surface area (Å²) in [4.78, 5) is 10.8. The zero-order valence-electron chi connectivity index (χ0n) is 7.36. The molecule has 0 bridgehead atoms. The van der Waals surface area contributed by atoms with E-state index in [4.69, 9.17) is 4.55 Å². The van der Waals surface area contributed by atoms with Crippen molar-refractivity contribution in [2.45, 2.75) is 26.0 Å². The van der Waals surface area contributed by atoms with Crippen molar-refractivity contribution in [3.05, 3.63) is 12.7 Å². The first-order chi connectivity index (χ1) is 6.10. The third-order valence-corrected chi connectivity index (χ3v) is 1.63. The fourth-order valence-corrected chi connectivity index (χ4v) is 1.07. The van der Waals surface area contributed by atoms with Gasteiger partial charge >= 0.3 is 11.4 Å². The maximum absolute atomic E-state index is 10.8. The molecule has 0 aromatic rings. The lowest BCUT2D eigenvalue weighted by molar-refractivity contribution is -0.118. The third kappa shape index (κ3) is 6.44. The van der Waals surface area contributed by atoms with E-state index in [1.165, 1.54) is 0 Å². The summed E-state index contributed by atoms with van der Waals surface area (Å²) >= 11 is -2.36. The van der Waals surface area contributed by atoms with Gasteiger partial charge in [-0.05, 0) is 12.5 Å². The van der Waals surface area contributed by atoms with Gasteiger partial charge in [0.25, 0.3) is 0 Å². The number of carbonyl (C=O) groups excluding carboxylic acids is 1. The molecule has 0 aliphatic carbocycles. The van der Waals surface area contributed by atoms with E-state index in [9.17, 15) is 9.00 Å². The fraction of sp³-hybridized carbons (Fsp3) is 0.571. The fourth-order valence-electron chi connectivity index (χ4n) is 0.723. The quantitative estimate of drug-likeness (QED) is 0.379. The molecule has 0 aliphatic heterocycles. The zero-order valence-corrected chi connectivity index (χ0v) is 8.17. The van der Waals surface area contributed by atoms with Gasteiger partial charge in [-0.1, -0.05) is 19.9 Å². The lowest BCUT2D eigenvalue weighted by Gasteiger charge is -2.14. The summed E-state index contributed by atoms with van der Waals surface area (Å²) in [7, 11) is 0. The van der Waals surface area contributed by atoms with E-state index in [0.717, 1.165) is 12.5 Å². The standard InChI is InChI=1S/C7H13NO4S/c1-3-5-7(12-13(10)11)8-6(9)4-2/h4,7H,2-3,5H2,1H3,(H,8,9)(H,10,11). The summed E-state index contributed by atoms with van der Waals surface area (Å²) < 4.78 is 23.2. The topological polar surface area (TPSA) is 75.6 Å². The van der Waals surface area contributed by atoms with Crippen molar-refractivity contribution >= 4 is 17.3 Å². The largest absolute Gasteiger partial charge is 0.326 e. The van der Waals surface area contributed by atoms with Crippen molar-refractivity contribution in [2.24, 2.45) is 0 Å². The maximum Gasteiger partial charge on any atom is 0.303 e. The first-order valence-corrected chi connectivity index (χ1v) is 4.84. The number of nitrogens with one attached hydrogen (secondary N) is 1. The minimum Gasteiger partial charge on any atom is -0.326 e. The molecule has 0 spiro atoms. The Kier molecular flexibility index (Phi) is 6.38. The second-order valence-corrected chi connectivity index (χ2v) is 2.93. The van der Waals surface area contributed by atoms with Crippen LogP contribution in [0.3, 0.4) is 0 Å². The second-order valence-electron chi connectivity index (χ2n) is 2.30. The molecule has 6 heteroatoms. The first-order valence-electron chi connectivity index (χ1n) is 3.81. The second kappa shape index (κ2) is 6.76. The van der Waals surface area contributed by atoms with Crippen LogP contribution in [0.4, 0.5) is 0 Å². The molecule has 2 N–H and O–H groups in total. The molecule has 76 valence electrons. The van der Waals surface area contributed by atoms with Crippen molar-refractivity contribution in [3.8, 4) is 0 Å². The van der Waals surface area contributed by atoms with E-state index in [1.807, 2.05) is 6.92 Å². The number of hydrogen-bond donors (Lipinski definition) is 2. The van der Waals surface area contributed by atoms with Crippen molar-refractivity contribution in [1.29, 1.82) is 0 Å². The van der Waals surface area contributed by atoms with E-state index in [-0.39, 0.29) is 0 Å². The molecule has 0 radical (unpaired) electrons. The Morgan fingerprint density at radius 2 is 2.46 bits per heavy atom. The van der Waals surface area contributed by atoms with Crippen LogP contribution in [0.15, 0.2) is 12.7 Å². The number of hydrogen-bond acceptors (Lipinski definition) is 3. The van der Waals surface area contributed by atoms with Crippen molar-refractivity contribution in [3.63, 3.8) is 0 Å². The summed E-state index contributed by atoms with van der Waals surface area (Å²) in [5, 5.41) is 2.37. The predicted octanol–water partition coefficient (Wildman–Crippen LogP) is 0.568. The third-order valence-electron chi connectivity index (χ3n) is 1.24. The van der Waals surface area contributed by atoms with Crippen molar-refractivity contribution in [2.75, 3.05) is 0 Å². The van der Waals surface area contributed by atoms with Gasteiger partial charge in [0.05, 0.1) is 0 Å². The Labute approximate surface area is 79.7 Å². The normalized spacial score (nSPS) is 14.6. The minimum absolute atomic E-state index is 0.427. The number of rotatable bonds is 6. The van der Waals surface area contributed by atoms with Gasteiger partial charge in [-0.2, -0.15) is 4.21 Å². The molecule has 0 fully saturated rings. The lowest BCUT2D eigenvalue weighted by Crippen LogP contribution is -2.36. The van der Waals surface area contributed by atoms with E-state index >= 15 is 0 Å². The van der Waals surface area contributed by atoms with Crippen LogP contribution in [-0.2, 0) is 20.3 Å². The molecule has 0 saturated carbocycles. The average molecular weight is 207 g/mol. The summed E-state index contributed by atoms with van der Waals surface area (Å²) in [6, 6.07) is 0. The smallest absolute Gasteiger partial charge is 0.303 e. The molecular formula is C7H13NO4S. The van der Waals surface area contributed by atoms with Crippen LogP contribution in [0, 0.1) is 0 Å². The van der Waals surface area contributed by atoms with Gasteiger partial charge in [0.15, 0.2) is 0 Å². The van der Waals surface area contributed by atoms with Crippen LogP contribution in [0.5, 0.6) is 0 Å². The Morgan fingerprint density at radius 3 is 2.85 bits per heavy atom. The van der Waals surface area contributed by atoms with E-state index < -0.39 is 23.5 Å². The molecule has 2 atom stereocenters. The Bertz CT molecular complexity index is 207. The molecule has 1 amide bonds. The van der Waals surface area contributed by atoms with Crippen molar-refractivity contribution < 1.29 is 17.7 Å². The van der Waals surface area contributed by atoms with Crippen LogP contribution >= 0.6 is 0 Å². The van der Waals surface area contributed by atoms with E-state index in [2.05, 4.69) is 16.1 Å². The molecule has 0 rings (SSSR count). The summed E-state index contributed by atoms with van der Waals surface area (Å²) in [5.74, 6) is -0.427. The Balaban J connectivity index is 4.00. The summed E-state index contributed by atoms with van der Waals surface area (Å²) in [5.41, 5.74) is 0. The summed E-state index contributed by atoms with van der Waals surface area (Å²) in [6.45, 7) is 5.12. The van der Waals surface area contributed by atoms with E-state index in [0.29, 0.717) is 6.42 Å². The Hall–Kier alpha value is -0.720. The number of carbonyl (C=O) groups is 1. The van der Waals surface area contributed by atoms with Crippen LogP contribution in [0.2, 0.25) is 0 Å². The van der Waals surface area contributed by atoms with Gasteiger partial charge in [0.1, 0.15) is 6.23 Å². The van der Waals surface area contributed by atoms with Crippen LogP contribution in [0.25, 0.3) is 0 Å². The molecule has 0 saturated heterocycles. The van der Waals surface area contributed by atoms with E-state index in [1.54, 1.807) is 0 Å². The Morgan fingerprint density at radius 1 is 1.85 bits per heavy atom. The van der Waals surface area contributed by atoms with Crippen LogP contribution in [0.1, 0.15) is 19.8 Å². The molecular weight excluding hydrogens is 194 g/mol. The molecule has 2 unspecified atom stereocenters. The SMILES string of the molecule is C=CC(=O)NC(CCC)OS(=O)O. The summed E-state index contributed by atoms with van der Waals surface area (Å²) in [6.07, 6.45) is 1.55. The number of amides is 1. The zero-order chi connectivity index (χ0) is 10.3. The monoisotopic (exact) mass is 207 g/mol. The predicted molar refractivity (Wildman–Crippen MR) is 48.9 cm³/mol. The molecule has 0 heterocycles. The molecule has 5 nitrogen and oxygen atoms in total. The van der Waals surface area contributed by atoms with Gasteiger partial charge in [-0.15, -0.1) is 0 Å². The highest BCUT2D eigenvalue weighted by molar-refractivity contribution is 7.74. The molecule has 0 aromatic carbocycles. The van der Waals surface area contributed by atoms with Crippen LogP contribution in [-0.4, -0.2) is 20.9 Å². The minimum atomic E-state index is -2.36. The highest BCUT2D eigenvalue weighted by atomic mass is 32.2. The highest BCUT2D eigenvalue weighted by Crippen LogP contribution is 2.00. The van der Waals surface area contributed by atoms with Gasteiger partial charge in [0, 0.05) is 0 Å². The van der Waals surface area contributed by atoms with Gasteiger partial charge in [-0.3, -0.25) is 9.35 Å². The van der Waals surface area contributed by atoms with Gasteiger partial charge in [-0.25, -0.2) is 4.18 Å². The highest BCUT2D eigenvalue weighted by Gasteiger charge is 2.12. The van der Waals surface area contributed by atoms with Gasteiger partial charge < -0.3 is 5.32 Å². The van der Waals surface area contributed by atoms with Crippen molar-refractivity contribution in [1.82, 2.24) is 5.32 Å². The first kappa shape index (κ1) is 12.3.